The van der Waals surface area contributed by atoms with E-state index in [0.717, 1.165) is 25.9 Å². The lowest BCUT2D eigenvalue weighted by molar-refractivity contribution is 0.248. The maximum atomic E-state index is 13.3. The quantitative estimate of drug-likeness (QED) is 0.804. The molecule has 0 aromatic heterocycles. The van der Waals surface area contributed by atoms with Crippen molar-refractivity contribution in [1.82, 2.24) is 10.6 Å². The minimum atomic E-state index is -0.309. The summed E-state index contributed by atoms with van der Waals surface area (Å²) in [5.74, 6) is 0.220. The van der Waals surface area contributed by atoms with E-state index in [1.54, 1.807) is 19.1 Å². The van der Waals surface area contributed by atoms with Gasteiger partial charge in [0.1, 0.15) is 5.82 Å². The molecule has 1 heterocycles. The van der Waals surface area contributed by atoms with E-state index >= 15 is 0 Å². The van der Waals surface area contributed by atoms with Crippen LogP contribution in [0.4, 0.5) is 14.9 Å². The fourth-order valence-corrected chi connectivity index (χ4v) is 2.17. The molecule has 1 fully saturated rings. The van der Waals surface area contributed by atoms with Crippen LogP contribution in [-0.2, 0) is 0 Å². The molecule has 0 spiro atoms. The molecule has 112 valence electrons. The van der Waals surface area contributed by atoms with Crippen LogP contribution in [0.1, 0.15) is 18.4 Å². The standard InChI is InChI=1S/C14H20FN3O.ClH/c1-10-2-3-12(8-13(10)15)18-14(19)17-9-11-4-6-16-7-5-11;/h2-3,8,11,16H,4-7,9H2,1H3,(H2,17,18,19);1H. The first kappa shape index (κ1) is 16.7. The highest BCUT2D eigenvalue weighted by Crippen LogP contribution is 2.14. The van der Waals surface area contributed by atoms with Crippen molar-refractivity contribution in [3.8, 4) is 0 Å². The molecule has 0 saturated carbocycles. The first-order chi connectivity index (χ1) is 9.15. The van der Waals surface area contributed by atoms with Gasteiger partial charge in [0.25, 0.3) is 0 Å². The summed E-state index contributed by atoms with van der Waals surface area (Å²) in [6.07, 6.45) is 2.17. The molecular weight excluding hydrogens is 281 g/mol. The number of carbonyl (C=O) groups excluding carboxylic acids is 1. The molecule has 1 saturated heterocycles. The molecule has 20 heavy (non-hydrogen) atoms. The van der Waals surface area contributed by atoms with Crippen LogP contribution in [0, 0.1) is 18.7 Å². The number of piperidine rings is 1. The first-order valence-electron chi connectivity index (χ1n) is 6.67. The first-order valence-corrected chi connectivity index (χ1v) is 6.67. The molecule has 2 amide bonds. The number of halogens is 2. The molecule has 2 rings (SSSR count). The van der Waals surface area contributed by atoms with Crippen LogP contribution < -0.4 is 16.0 Å². The zero-order valence-corrected chi connectivity index (χ0v) is 12.4. The molecule has 1 aromatic carbocycles. The Hall–Kier alpha value is -1.33. The molecule has 1 aliphatic heterocycles. The molecule has 0 aliphatic carbocycles. The Morgan fingerprint density at radius 2 is 2.10 bits per heavy atom. The number of rotatable bonds is 3. The van der Waals surface area contributed by atoms with Gasteiger partial charge in [0.2, 0.25) is 0 Å². The third kappa shape index (κ3) is 4.98. The van der Waals surface area contributed by atoms with Crippen LogP contribution in [0.25, 0.3) is 0 Å². The summed E-state index contributed by atoms with van der Waals surface area (Å²) < 4.78 is 13.3. The fraction of sp³-hybridized carbons (Fsp3) is 0.500. The number of hydrogen-bond donors (Lipinski definition) is 3. The van der Waals surface area contributed by atoms with Crippen molar-refractivity contribution < 1.29 is 9.18 Å². The van der Waals surface area contributed by atoms with Crippen molar-refractivity contribution in [2.45, 2.75) is 19.8 Å². The Morgan fingerprint density at radius 3 is 2.75 bits per heavy atom. The second kappa shape index (κ2) is 8.07. The van der Waals surface area contributed by atoms with Crippen LogP contribution in [0.2, 0.25) is 0 Å². The molecule has 0 unspecified atom stereocenters. The lowest BCUT2D eigenvalue weighted by Crippen LogP contribution is -2.37. The Labute approximate surface area is 124 Å². The molecule has 1 aliphatic rings. The maximum absolute atomic E-state index is 13.3. The van der Waals surface area contributed by atoms with Gasteiger partial charge in [-0.15, -0.1) is 12.4 Å². The fourth-order valence-electron chi connectivity index (χ4n) is 2.17. The monoisotopic (exact) mass is 301 g/mol. The summed E-state index contributed by atoms with van der Waals surface area (Å²) in [6.45, 7) is 4.38. The van der Waals surface area contributed by atoms with Gasteiger partial charge in [-0.3, -0.25) is 0 Å². The Balaban J connectivity index is 0.00000200. The number of hydrogen-bond acceptors (Lipinski definition) is 2. The van der Waals surface area contributed by atoms with E-state index < -0.39 is 0 Å². The summed E-state index contributed by atoms with van der Waals surface area (Å²) in [4.78, 5) is 11.7. The molecule has 1 aromatic rings. The van der Waals surface area contributed by atoms with Crippen molar-refractivity contribution >= 4 is 24.1 Å². The van der Waals surface area contributed by atoms with Crippen molar-refractivity contribution in [3.63, 3.8) is 0 Å². The van der Waals surface area contributed by atoms with Gasteiger partial charge in [0.15, 0.2) is 0 Å². The summed E-state index contributed by atoms with van der Waals surface area (Å²) in [6, 6.07) is 4.40. The van der Waals surface area contributed by atoms with E-state index in [0.29, 0.717) is 23.7 Å². The summed E-state index contributed by atoms with van der Waals surface area (Å²) in [7, 11) is 0. The van der Waals surface area contributed by atoms with E-state index in [4.69, 9.17) is 0 Å². The highest BCUT2D eigenvalue weighted by Gasteiger charge is 2.13. The highest BCUT2D eigenvalue weighted by molar-refractivity contribution is 5.89. The minimum absolute atomic E-state index is 0. The number of carbonyl (C=O) groups is 1. The smallest absolute Gasteiger partial charge is 0.319 e. The Kier molecular flexibility index (Phi) is 6.75. The van der Waals surface area contributed by atoms with Crippen LogP contribution in [0.5, 0.6) is 0 Å². The molecular formula is C14H21ClFN3O. The van der Waals surface area contributed by atoms with Gasteiger partial charge in [-0.2, -0.15) is 0 Å². The van der Waals surface area contributed by atoms with Crippen LogP contribution in [0.15, 0.2) is 18.2 Å². The van der Waals surface area contributed by atoms with Crippen LogP contribution in [-0.4, -0.2) is 25.7 Å². The predicted octanol–water partition coefficient (Wildman–Crippen LogP) is 2.68. The number of urea groups is 1. The molecule has 0 atom stereocenters. The topological polar surface area (TPSA) is 53.2 Å². The Morgan fingerprint density at radius 1 is 1.40 bits per heavy atom. The van der Waals surface area contributed by atoms with E-state index in [9.17, 15) is 9.18 Å². The third-order valence-electron chi connectivity index (χ3n) is 3.44. The summed E-state index contributed by atoms with van der Waals surface area (Å²) in [5.41, 5.74) is 1.05. The number of aryl methyl sites for hydroxylation is 1. The van der Waals surface area contributed by atoms with Crippen molar-refractivity contribution in [2.75, 3.05) is 25.0 Å². The van der Waals surface area contributed by atoms with Gasteiger partial charge in [-0.05, 0) is 56.5 Å². The largest absolute Gasteiger partial charge is 0.338 e. The predicted molar refractivity (Wildman–Crippen MR) is 81.0 cm³/mol. The average Bonchev–Trinajstić information content (AvgIpc) is 2.42. The summed E-state index contributed by atoms with van der Waals surface area (Å²) in [5, 5.41) is 8.76. The lowest BCUT2D eigenvalue weighted by Gasteiger charge is -2.22. The van der Waals surface area contributed by atoms with Crippen molar-refractivity contribution in [3.05, 3.63) is 29.6 Å². The van der Waals surface area contributed by atoms with Crippen LogP contribution in [0.3, 0.4) is 0 Å². The van der Waals surface area contributed by atoms with Gasteiger partial charge < -0.3 is 16.0 Å². The minimum Gasteiger partial charge on any atom is -0.338 e. The molecule has 6 heteroatoms. The van der Waals surface area contributed by atoms with Crippen LogP contribution >= 0.6 is 12.4 Å². The third-order valence-corrected chi connectivity index (χ3v) is 3.44. The van der Waals surface area contributed by atoms with Gasteiger partial charge in [0, 0.05) is 12.2 Å². The maximum Gasteiger partial charge on any atom is 0.319 e. The van der Waals surface area contributed by atoms with E-state index in [2.05, 4.69) is 16.0 Å². The molecule has 4 nitrogen and oxygen atoms in total. The van der Waals surface area contributed by atoms with Gasteiger partial charge >= 0.3 is 6.03 Å². The summed E-state index contributed by atoms with van der Waals surface area (Å²) >= 11 is 0. The van der Waals surface area contributed by atoms with E-state index in [-0.39, 0.29) is 24.3 Å². The van der Waals surface area contributed by atoms with Gasteiger partial charge in [0.05, 0.1) is 0 Å². The van der Waals surface area contributed by atoms with Crippen molar-refractivity contribution in [1.29, 1.82) is 0 Å². The molecule has 3 N–H and O–H groups in total. The molecule has 0 bridgehead atoms. The van der Waals surface area contributed by atoms with E-state index in [1.807, 2.05) is 0 Å². The number of anilines is 1. The lowest BCUT2D eigenvalue weighted by atomic mass is 9.98. The highest BCUT2D eigenvalue weighted by atomic mass is 35.5. The normalized spacial score (nSPS) is 15.3. The second-order valence-corrected chi connectivity index (χ2v) is 4.99. The zero-order chi connectivity index (χ0) is 13.7. The second-order valence-electron chi connectivity index (χ2n) is 4.99. The van der Waals surface area contributed by atoms with Crippen molar-refractivity contribution in [2.24, 2.45) is 5.92 Å². The van der Waals surface area contributed by atoms with E-state index in [1.165, 1.54) is 6.07 Å². The van der Waals surface area contributed by atoms with Gasteiger partial charge in [-0.1, -0.05) is 6.07 Å². The SMILES string of the molecule is Cc1ccc(NC(=O)NCC2CCNCC2)cc1F.Cl. The number of amides is 2. The average molecular weight is 302 g/mol. The van der Waals surface area contributed by atoms with Gasteiger partial charge in [-0.25, -0.2) is 9.18 Å². The zero-order valence-electron chi connectivity index (χ0n) is 11.5. The molecule has 0 radical (unpaired) electrons. The number of benzene rings is 1. The number of nitrogens with one attached hydrogen (secondary N) is 3. The Bertz CT molecular complexity index is 450.